The Balaban J connectivity index is 1.87. The Hall–Kier alpha value is -1.73. The molecule has 1 aliphatic heterocycles. The molecule has 7 heteroatoms. The fraction of sp³-hybridized carbons (Fsp3) is 0.538. The summed E-state index contributed by atoms with van der Waals surface area (Å²) in [6, 6.07) is 10.1. The third-order valence-corrected chi connectivity index (χ3v) is 9.73. The van der Waals surface area contributed by atoms with E-state index in [9.17, 15) is 12.8 Å². The van der Waals surface area contributed by atoms with Gasteiger partial charge in [0.15, 0.2) is 9.84 Å². The molecule has 0 saturated heterocycles. The Bertz CT molecular complexity index is 1080. The molecule has 33 heavy (non-hydrogen) atoms. The van der Waals surface area contributed by atoms with Crippen LogP contribution in [0.25, 0.3) is 0 Å². The van der Waals surface area contributed by atoms with Crippen LogP contribution in [0.15, 0.2) is 46.2 Å². The Kier molecular flexibility index (Phi) is 7.29. The van der Waals surface area contributed by atoms with Gasteiger partial charge in [-0.3, -0.25) is 0 Å². The number of benzene rings is 2. The number of hydrogen-bond donors (Lipinski definition) is 0. The van der Waals surface area contributed by atoms with E-state index < -0.39 is 9.84 Å². The third kappa shape index (κ3) is 5.35. The molecule has 0 bridgehead atoms. The molecule has 1 fully saturated rings. The lowest BCUT2D eigenvalue weighted by atomic mass is 9.81. The van der Waals surface area contributed by atoms with Crippen molar-refractivity contribution in [1.29, 1.82) is 0 Å². The maximum atomic E-state index is 13.8. The summed E-state index contributed by atoms with van der Waals surface area (Å²) in [5, 5.41) is 0. The van der Waals surface area contributed by atoms with Crippen LogP contribution in [0.4, 0.5) is 15.8 Å². The van der Waals surface area contributed by atoms with Gasteiger partial charge in [-0.1, -0.05) is 26.7 Å². The molecule has 180 valence electrons. The number of ether oxygens (including phenoxy) is 1. The van der Waals surface area contributed by atoms with Crippen molar-refractivity contribution in [3.63, 3.8) is 0 Å². The predicted octanol–water partition coefficient (Wildman–Crippen LogP) is 6.85. The number of fused-ring (bicyclic) bond motifs is 1. The summed E-state index contributed by atoms with van der Waals surface area (Å²) < 4.78 is 47.5. The zero-order chi connectivity index (χ0) is 23.6. The zero-order valence-corrected chi connectivity index (χ0v) is 21.4. The van der Waals surface area contributed by atoms with Crippen LogP contribution >= 0.6 is 11.8 Å². The number of unbranched alkanes of at least 4 members (excludes halogenated alkanes) is 1. The van der Waals surface area contributed by atoms with Gasteiger partial charge in [-0.05, 0) is 68.2 Å². The van der Waals surface area contributed by atoms with Crippen molar-refractivity contribution >= 4 is 33.0 Å². The first kappa shape index (κ1) is 24.4. The van der Waals surface area contributed by atoms with Crippen LogP contribution in [-0.4, -0.2) is 33.6 Å². The highest BCUT2D eigenvalue weighted by Gasteiger charge is 2.42. The number of hydrogen-bond acceptors (Lipinski definition) is 5. The molecule has 4 rings (SSSR count). The fourth-order valence-corrected chi connectivity index (χ4v) is 7.37. The van der Waals surface area contributed by atoms with Crippen molar-refractivity contribution in [1.82, 2.24) is 0 Å². The van der Waals surface area contributed by atoms with E-state index in [-0.39, 0.29) is 17.0 Å². The smallest absolute Gasteiger partial charge is 0.181 e. The summed E-state index contributed by atoms with van der Waals surface area (Å²) in [5.41, 5.74) is 1.09. The van der Waals surface area contributed by atoms with Crippen LogP contribution in [0.3, 0.4) is 0 Å². The lowest BCUT2D eigenvalue weighted by Crippen LogP contribution is -2.37. The van der Waals surface area contributed by atoms with E-state index in [1.807, 2.05) is 12.3 Å². The average Bonchev–Trinajstić information content (AvgIpc) is 3.64. The quantitative estimate of drug-likeness (QED) is 0.359. The standard InChI is InChI=1S/C26H34FNO3S2/c1-4-6-13-26(5-2)17-28(21-11-9-20(27)10-12-21)22-14-24(32-3)23(31-16-19-7-8-19)15-25(22)33(29,30)18-26/h9-12,14-15,19H,4-8,13,16-18H2,1-3H3/t26-/m1/s1. The Morgan fingerprint density at radius 3 is 2.52 bits per heavy atom. The molecule has 1 heterocycles. The van der Waals surface area contributed by atoms with Gasteiger partial charge in [0.2, 0.25) is 0 Å². The molecule has 0 unspecified atom stereocenters. The summed E-state index contributed by atoms with van der Waals surface area (Å²) in [4.78, 5) is 3.33. The zero-order valence-electron chi connectivity index (χ0n) is 19.8. The first-order valence-electron chi connectivity index (χ1n) is 11.9. The largest absolute Gasteiger partial charge is 0.492 e. The van der Waals surface area contributed by atoms with Crippen molar-refractivity contribution in [3.8, 4) is 5.75 Å². The van der Waals surface area contributed by atoms with Crippen LogP contribution in [-0.2, 0) is 9.84 Å². The lowest BCUT2D eigenvalue weighted by Gasteiger charge is -2.36. The number of sulfone groups is 1. The first-order chi connectivity index (χ1) is 15.8. The molecular formula is C26H34FNO3S2. The minimum atomic E-state index is -3.55. The van der Waals surface area contributed by atoms with E-state index in [0.717, 1.165) is 36.3 Å². The van der Waals surface area contributed by atoms with Crippen molar-refractivity contribution in [2.24, 2.45) is 11.3 Å². The number of rotatable bonds is 9. The maximum Gasteiger partial charge on any atom is 0.181 e. The van der Waals surface area contributed by atoms with Gasteiger partial charge in [0, 0.05) is 23.7 Å². The molecule has 1 atom stereocenters. The predicted molar refractivity (Wildman–Crippen MR) is 134 cm³/mol. The van der Waals surface area contributed by atoms with E-state index in [0.29, 0.717) is 35.4 Å². The van der Waals surface area contributed by atoms with Gasteiger partial charge in [0.05, 0.1) is 27.8 Å². The van der Waals surface area contributed by atoms with E-state index in [2.05, 4.69) is 18.7 Å². The van der Waals surface area contributed by atoms with E-state index in [1.54, 1.807) is 30.0 Å². The van der Waals surface area contributed by atoms with Crippen LogP contribution < -0.4 is 9.64 Å². The molecule has 2 aromatic carbocycles. The fourth-order valence-electron chi connectivity index (χ4n) is 4.65. The minimum absolute atomic E-state index is 0.113. The van der Waals surface area contributed by atoms with Crippen LogP contribution in [0.5, 0.6) is 5.75 Å². The molecule has 0 spiro atoms. The third-order valence-electron chi connectivity index (χ3n) is 6.98. The molecule has 0 aromatic heterocycles. The van der Waals surface area contributed by atoms with Crippen molar-refractivity contribution in [2.45, 2.75) is 62.2 Å². The van der Waals surface area contributed by atoms with Gasteiger partial charge in [0.25, 0.3) is 0 Å². The molecule has 2 aromatic rings. The van der Waals surface area contributed by atoms with Gasteiger partial charge >= 0.3 is 0 Å². The summed E-state index contributed by atoms with van der Waals surface area (Å²) in [6.45, 7) is 5.43. The second-order valence-electron chi connectivity index (χ2n) is 9.50. The Morgan fingerprint density at radius 2 is 1.91 bits per heavy atom. The van der Waals surface area contributed by atoms with Gasteiger partial charge in [-0.15, -0.1) is 11.8 Å². The molecule has 4 nitrogen and oxygen atoms in total. The highest BCUT2D eigenvalue weighted by molar-refractivity contribution is 7.98. The lowest BCUT2D eigenvalue weighted by molar-refractivity contribution is 0.290. The Morgan fingerprint density at radius 1 is 1.18 bits per heavy atom. The molecule has 0 amide bonds. The van der Waals surface area contributed by atoms with Crippen LogP contribution in [0.2, 0.25) is 0 Å². The number of anilines is 2. The van der Waals surface area contributed by atoms with Crippen molar-refractivity contribution in [2.75, 3.05) is 30.1 Å². The van der Waals surface area contributed by atoms with Gasteiger partial charge in [-0.25, -0.2) is 12.8 Å². The van der Waals surface area contributed by atoms with Crippen LogP contribution in [0, 0.1) is 17.2 Å². The SMILES string of the molecule is CCCC[C@]1(CC)CN(c2ccc(F)cc2)c2cc(SC)c(OCC3CC3)cc2S(=O)(=O)C1. The number of halogens is 1. The van der Waals surface area contributed by atoms with E-state index in [4.69, 9.17) is 4.74 Å². The van der Waals surface area contributed by atoms with Crippen molar-refractivity contribution < 1.29 is 17.5 Å². The maximum absolute atomic E-state index is 13.8. The van der Waals surface area contributed by atoms with E-state index >= 15 is 0 Å². The van der Waals surface area contributed by atoms with Crippen LogP contribution in [0.1, 0.15) is 52.4 Å². The Labute approximate surface area is 201 Å². The summed E-state index contributed by atoms with van der Waals surface area (Å²) in [6.07, 6.45) is 7.92. The number of nitrogens with zero attached hydrogens (tertiary/aromatic N) is 1. The normalized spacial score (nSPS) is 22.0. The highest BCUT2D eigenvalue weighted by atomic mass is 32.2. The minimum Gasteiger partial charge on any atom is -0.492 e. The second kappa shape index (κ2) is 9.87. The molecule has 0 radical (unpaired) electrons. The molecule has 1 aliphatic carbocycles. The van der Waals surface area contributed by atoms with Gasteiger partial charge < -0.3 is 9.64 Å². The van der Waals surface area contributed by atoms with Gasteiger partial charge in [0.1, 0.15) is 11.6 Å². The molecule has 1 saturated carbocycles. The summed E-state index contributed by atoms with van der Waals surface area (Å²) >= 11 is 1.56. The molecular weight excluding hydrogens is 457 g/mol. The van der Waals surface area contributed by atoms with Gasteiger partial charge in [-0.2, -0.15) is 0 Å². The second-order valence-corrected chi connectivity index (χ2v) is 12.3. The first-order valence-corrected chi connectivity index (χ1v) is 14.8. The summed E-state index contributed by atoms with van der Waals surface area (Å²) in [7, 11) is -3.55. The monoisotopic (exact) mass is 491 g/mol. The number of thioether (sulfide) groups is 1. The average molecular weight is 492 g/mol. The van der Waals surface area contributed by atoms with Crippen molar-refractivity contribution in [3.05, 3.63) is 42.2 Å². The molecule has 0 N–H and O–H groups in total. The topological polar surface area (TPSA) is 46.6 Å². The highest BCUT2D eigenvalue weighted by Crippen LogP contribution is 2.47. The van der Waals surface area contributed by atoms with E-state index in [1.165, 1.54) is 25.0 Å². The molecule has 2 aliphatic rings. The summed E-state index contributed by atoms with van der Waals surface area (Å²) in [5.74, 6) is 1.03.